The van der Waals surface area contributed by atoms with Gasteiger partial charge in [-0.1, -0.05) is 20.8 Å². The molecule has 0 aromatic heterocycles. The van der Waals surface area contributed by atoms with Gasteiger partial charge < -0.3 is 15.0 Å². The van der Waals surface area contributed by atoms with Crippen LogP contribution in [0.4, 0.5) is 0 Å². The van der Waals surface area contributed by atoms with Crippen LogP contribution in [-0.2, 0) is 14.3 Å². The van der Waals surface area contributed by atoms with E-state index >= 15 is 0 Å². The number of carbonyl (C=O) groups is 2. The van der Waals surface area contributed by atoms with E-state index in [1.54, 1.807) is 11.8 Å². The highest BCUT2D eigenvalue weighted by Crippen LogP contribution is 2.10. The molecular weight excluding hydrogens is 232 g/mol. The molecule has 1 aliphatic rings. The van der Waals surface area contributed by atoms with E-state index in [0.717, 1.165) is 0 Å². The minimum absolute atomic E-state index is 0.0220. The lowest BCUT2D eigenvalue weighted by Gasteiger charge is -2.31. The number of carbonyl (C=O) groups excluding carboxylic acids is 2. The van der Waals surface area contributed by atoms with Crippen LogP contribution in [0.5, 0.6) is 0 Å². The van der Waals surface area contributed by atoms with Crippen LogP contribution in [0.3, 0.4) is 0 Å². The van der Waals surface area contributed by atoms with Crippen molar-refractivity contribution in [2.24, 2.45) is 5.92 Å². The van der Waals surface area contributed by atoms with Gasteiger partial charge in [0, 0.05) is 19.5 Å². The smallest absolute Gasteiger partial charge is 0.245 e. The fourth-order valence-electron chi connectivity index (χ4n) is 1.99. The zero-order valence-electron chi connectivity index (χ0n) is 11.6. The minimum Gasteiger partial charge on any atom is -0.378 e. The van der Waals surface area contributed by atoms with E-state index in [-0.39, 0.29) is 11.8 Å². The predicted molar refractivity (Wildman–Crippen MR) is 69.1 cm³/mol. The fraction of sp³-hybridized carbons (Fsp3) is 0.846. The average molecular weight is 256 g/mol. The Morgan fingerprint density at radius 3 is 2.39 bits per heavy atom. The third-order valence-electron chi connectivity index (χ3n) is 2.98. The first-order chi connectivity index (χ1) is 8.54. The van der Waals surface area contributed by atoms with E-state index in [1.807, 2.05) is 0 Å². The molecule has 5 nitrogen and oxygen atoms in total. The topological polar surface area (TPSA) is 58.6 Å². The van der Waals surface area contributed by atoms with Crippen LogP contribution in [0.15, 0.2) is 0 Å². The summed E-state index contributed by atoms with van der Waals surface area (Å²) in [5.74, 6) is 0.327. The molecule has 0 saturated carbocycles. The molecule has 5 heteroatoms. The van der Waals surface area contributed by atoms with Crippen molar-refractivity contribution >= 4 is 11.8 Å². The summed E-state index contributed by atoms with van der Waals surface area (Å²) in [6.07, 6.45) is 1.09. The summed E-state index contributed by atoms with van der Waals surface area (Å²) in [5, 5.41) is 2.82. The molecule has 1 rings (SSSR count). The van der Waals surface area contributed by atoms with Crippen molar-refractivity contribution in [1.29, 1.82) is 0 Å². The molecule has 0 bridgehead atoms. The molecular formula is C13H24N2O3. The van der Waals surface area contributed by atoms with E-state index < -0.39 is 6.04 Å². The summed E-state index contributed by atoms with van der Waals surface area (Å²) in [6, 6.07) is -0.393. The molecule has 104 valence electrons. The number of morpholine rings is 1. The quantitative estimate of drug-likeness (QED) is 0.791. The van der Waals surface area contributed by atoms with Gasteiger partial charge in [0.15, 0.2) is 0 Å². The summed E-state index contributed by atoms with van der Waals surface area (Å²) in [5.41, 5.74) is 0. The second-order valence-electron chi connectivity index (χ2n) is 5.04. The molecule has 0 spiro atoms. The molecule has 0 radical (unpaired) electrons. The van der Waals surface area contributed by atoms with Crippen molar-refractivity contribution in [2.45, 2.75) is 39.7 Å². The number of nitrogens with one attached hydrogen (secondary N) is 1. The predicted octanol–water partition coefficient (Wildman–Crippen LogP) is 0.786. The standard InChI is InChI=1S/C13H24N2O3/c1-4-12(16)14-11(9-10(2)3)13(17)15-5-7-18-8-6-15/h10-11H,4-9H2,1-3H3,(H,14,16)/t11-/m0/s1. The molecule has 1 aliphatic heterocycles. The lowest BCUT2D eigenvalue weighted by molar-refractivity contribution is -0.140. The van der Waals surface area contributed by atoms with Gasteiger partial charge in [-0.2, -0.15) is 0 Å². The summed E-state index contributed by atoms with van der Waals surface area (Å²) in [7, 11) is 0. The van der Waals surface area contributed by atoms with Gasteiger partial charge in [0.1, 0.15) is 6.04 Å². The van der Waals surface area contributed by atoms with Gasteiger partial charge in [0.25, 0.3) is 0 Å². The zero-order valence-corrected chi connectivity index (χ0v) is 11.6. The summed E-state index contributed by atoms with van der Waals surface area (Å²) in [6.45, 7) is 8.31. The first-order valence-electron chi connectivity index (χ1n) is 6.70. The van der Waals surface area contributed by atoms with Crippen molar-refractivity contribution in [2.75, 3.05) is 26.3 Å². The second-order valence-corrected chi connectivity index (χ2v) is 5.04. The molecule has 1 N–H and O–H groups in total. The van der Waals surface area contributed by atoms with Gasteiger partial charge >= 0.3 is 0 Å². The van der Waals surface area contributed by atoms with Crippen LogP contribution in [-0.4, -0.2) is 49.1 Å². The Bertz CT molecular complexity index is 286. The Labute approximate surface area is 109 Å². The Hall–Kier alpha value is -1.10. The Balaban J connectivity index is 2.61. The molecule has 0 unspecified atom stereocenters. The second kappa shape index (κ2) is 7.36. The molecule has 0 aromatic rings. The molecule has 1 saturated heterocycles. The zero-order chi connectivity index (χ0) is 13.5. The van der Waals surface area contributed by atoms with Crippen molar-refractivity contribution in [3.8, 4) is 0 Å². The van der Waals surface area contributed by atoms with Crippen LogP contribution < -0.4 is 5.32 Å². The largest absolute Gasteiger partial charge is 0.378 e. The van der Waals surface area contributed by atoms with Gasteiger partial charge in [0.05, 0.1) is 13.2 Å². The van der Waals surface area contributed by atoms with Crippen LogP contribution in [0, 0.1) is 5.92 Å². The normalized spacial score (nSPS) is 17.7. The number of rotatable bonds is 5. The number of hydrogen-bond donors (Lipinski definition) is 1. The van der Waals surface area contributed by atoms with Crippen LogP contribution in [0.25, 0.3) is 0 Å². The van der Waals surface area contributed by atoms with Crippen LogP contribution in [0.1, 0.15) is 33.6 Å². The van der Waals surface area contributed by atoms with Gasteiger partial charge in [-0.05, 0) is 12.3 Å². The van der Waals surface area contributed by atoms with E-state index in [9.17, 15) is 9.59 Å². The minimum atomic E-state index is -0.393. The van der Waals surface area contributed by atoms with Crippen molar-refractivity contribution in [3.63, 3.8) is 0 Å². The third kappa shape index (κ3) is 4.64. The van der Waals surface area contributed by atoms with E-state index in [1.165, 1.54) is 0 Å². The van der Waals surface area contributed by atoms with Gasteiger partial charge in [-0.25, -0.2) is 0 Å². The number of ether oxygens (including phenoxy) is 1. The lowest BCUT2D eigenvalue weighted by Crippen LogP contribution is -2.52. The summed E-state index contributed by atoms with van der Waals surface area (Å²) in [4.78, 5) is 25.6. The van der Waals surface area contributed by atoms with Crippen LogP contribution in [0.2, 0.25) is 0 Å². The van der Waals surface area contributed by atoms with Crippen molar-refractivity contribution in [3.05, 3.63) is 0 Å². The van der Waals surface area contributed by atoms with Gasteiger partial charge in [-0.15, -0.1) is 0 Å². The maximum Gasteiger partial charge on any atom is 0.245 e. The first-order valence-corrected chi connectivity index (χ1v) is 6.70. The summed E-state index contributed by atoms with van der Waals surface area (Å²) >= 11 is 0. The maximum atomic E-state index is 12.3. The van der Waals surface area contributed by atoms with Crippen LogP contribution >= 0.6 is 0 Å². The van der Waals surface area contributed by atoms with E-state index in [4.69, 9.17) is 4.74 Å². The Kier molecular flexibility index (Phi) is 6.12. The molecule has 2 amide bonds. The highest BCUT2D eigenvalue weighted by atomic mass is 16.5. The number of hydrogen-bond acceptors (Lipinski definition) is 3. The van der Waals surface area contributed by atoms with Gasteiger partial charge in [0.2, 0.25) is 11.8 Å². The fourth-order valence-corrected chi connectivity index (χ4v) is 1.99. The molecule has 1 heterocycles. The van der Waals surface area contributed by atoms with E-state index in [0.29, 0.717) is 45.1 Å². The third-order valence-corrected chi connectivity index (χ3v) is 2.98. The molecule has 1 fully saturated rings. The highest BCUT2D eigenvalue weighted by Gasteiger charge is 2.27. The SMILES string of the molecule is CCC(=O)N[C@@H](CC(C)C)C(=O)N1CCOCC1. The van der Waals surface area contributed by atoms with Gasteiger partial charge in [-0.3, -0.25) is 9.59 Å². The molecule has 18 heavy (non-hydrogen) atoms. The first kappa shape index (κ1) is 15.0. The molecule has 1 atom stereocenters. The average Bonchev–Trinajstić information content (AvgIpc) is 2.37. The Morgan fingerprint density at radius 2 is 1.89 bits per heavy atom. The monoisotopic (exact) mass is 256 g/mol. The van der Waals surface area contributed by atoms with Crippen molar-refractivity contribution in [1.82, 2.24) is 10.2 Å². The number of nitrogens with zero attached hydrogens (tertiary/aromatic N) is 1. The lowest BCUT2D eigenvalue weighted by atomic mass is 10.0. The van der Waals surface area contributed by atoms with Crippen molar-refractivity contribution < 1.29 is 14.3 Å². The molecule has 0 aromatic carbocycles. The molecule has 0 aliphatic carbocycles. The number of amides is 2. The summed E-state index contributed by atoms with van der Waals surface area (Å²) < 4.78 is 5.23. The van der Waals surface area contributed by atoms with E-state index in [2.05, 4.69) is 19.2 Å². The Morgan fingerprint density at radius 1 is 1.28 bits per heavy atom. The highest BCUT2D eigenvalue weighted by molar-refractivity contribution is 5.87. The maximum absolute atomic E-state index is 12.3.